The van der Waals surface area contributed by atoms with Crippen LogP contribution in [-0.4, -0.2) is 62.8 Å². The van der Waals surface area contributed by atoms with E-state index < -0.39 is 0 Å². The number of benzene rings is 4. The molecule has 0 saturated carbocycles. The van der Waals surface area contributed by atoms with Gasteiger partial charge in [0.2, 0.25) is 0 Å². The molecule has 3 aliphatic rings. The van der Waals surface area contributed by atoms with Crippen LogP contribution in [0.25, 0.3) is 11.6 Å². The number of aliphatic imine (C=N–C) groups is 1. The minimum atomic E-state index is -0.00481. The molecular formula is C40H38N2O6. The second-order valence-electron chi connectivity index (χ2n) is 12.2. The van der Waals surface area contributed by atoms with Gasteiger partial charge in [-0.25, -0.2) is 0 Å². The predicted molar refractivity (Wildman–Crippen MR) is 186 cm³/mol. The first-order chi connectivity index (χ1) is 23.6. The molecule has 0 N–H and O–H groups in total. The second-order valence-corrected chi connectivity index (χ2v) is 12.2. The van der Waals surface area contributed by atoms with Crippen LogP contribution in [0.4, 0.5) is 5.69 Å². The molecule has 7 rings (SSSR count). The molecule has 8 heteroatoms. The number of carbonyl (C=O) groups excluding carboxylic acids is 2. The number of ether oxygens (including phenoxy) is 4. The molecule has 0 radical (unpaired) electrons. The summed E-state index contributed by atoms with van der Waals surface area (Å²) in [6, 6.07) is 25.0. The Morgan fingerprint density at radius 3 is 2.04 bits per heavy atom. The fourth-order valence-corrected chi connectivity index (χ4v) is 6.71. The van der Waals surface area contributed by atoms with E-state index >= 15 is 0 Å². The number of nitrogens with zero attached hydrogens (tertiary/aromatic N) is 2. The van der Waals surface area contributed by atoms with Gasteiger partial charge < -0.3 is 23.8 Å². The van der Waals surface area contributed by atoms with E-state index in [2.05, 4.69) is 11.1 Å². The van der Waals surface area contributed by atoms with Gasteiger partial charge in [0.05, 0.1) is 44.7 Å². The zero-order valence-corrected chi connectivity index (χ0v) is 27.2. The summed E-state index contributed by atoms with van der Waals surface area (Å²) in [6.07, 6.45) is 8.47. The summed E-state index contributed by atoms with van der Waals surface area (Å²) >= 11 is 0. The highest BCUT2D eigenvalue weighted by Crippen LogP contribution is 2.40. The van der Waals surface area contributed by atoms with Crippen LogP contribution >= 0.6 is 0 Å². The zero-order chi connectivity index (χ0) is 33.0. The van der Waals surface area contributed by atoms with E-state index in [4.69, 9.17) is 18.9 Å². The molecule has 1 aliphatic carbocycles. The van der Waals surface area contributed by atoms with E-state index in [1.165, 1.54) is 0 Å². The summed E-state index contributed by atoms with van der Waals surface area (Å²) in [7, 11) is 3.22. The normalized spacial score (nSPS) is 16.0. The summed E-state index contributed by atoms with van der Waals surface area (Å²) in [6.45, 7) is 1.77. The molecule has 2 aliphatic heterocycles. The molecule has 1 saturated heterocycles. The lowest BCUT2D eigenvalue weighted by Crippen LogP contribution is -2.35. The maximum atomic E-state index is 13.2. The van der Waals surface area contributed by atoms with Crippen molar-refractivity contribution in [3.8, 4) is 23.0 Å². The molecule has 0 aromatic heterocycles. The smallest absolute Gasteiger partial charge is 0.256 e. The monoisotopic (exact) mass is 642 g/mol. The fourth-order valence-electron chi connectivity index (χ4n) is 6.71. The Kier molecular flexibility index (Phi) is 8.97. The van der Waals surface area contributed by atoms with Crippen molar-refractivity contribution >= 4 is 35.2 Å². The number of carbonyl (C=O) groups is 2. The standard InChI is InChI=1S/C40H38N2O6/c1-45-35-17-16-26(21-32-28-12-4-6-14-30(28)39(43)31-15-7-5-13-29(31)32)22-37(35)47-19-8-3-9-20-48-38-24-34-33(23-36(38)46-2)40(44)42-18-10-11-27(42)25-41-34/h4-7,12-17,21-25,27H,3,8-11,18-20H2,1-2H3/t27-/m0/s1. The molecule has 1 amide bonds. The topological polar surface area (TPSA) is 86.7 Å². The summed E-state index contributed by atoms with van der Waals surface area (Å²) < 4.78 is 23.5. The van der Waals surface area contributed by atoms with Gasteiger partial charge >= 0.3 is 0 Å². The second kappa shape index (κ2) is 13.8. The van der Waals surface area contributed by atoms with Crippen molar-refractivity contribution in [1.82, 2.24) is 4.90 Å². The maximum Gasteiger partial charge on any atom is 0.256 e. The third-order valence-electron chi connectivity index (χ3n) is 9.18. The number of hydrogen-bond donors (Lipinski definition) is 0. The molecular weight excluding hydrogens is 604 g/mol. The Morgan fingerprint density at radius 1 is 0.729 bits per heavy atom. The molecule has 0 unspecified atom stereocenters. The van der Waals surface area contributed by atoms with E-state index in [1.54, 1.807) is 20.3 Å². The lowest BCUT2D eigenvalue weighted by atomic mass is 9.81. The van der Waals surface area contributed by atoms with Crippen LogP contribution in [0.3, 0.4) is 0 Å². The first-order valence-corrected chi connectivity index (χ1v) is 16.5. The maximum absolute atomic E-state index is 13.2. The van der Waals surface area contributed by atoms with Crippen molar-refractivity contribution in [2.24, 2.45) is 4.99 Å². The first-order valence-electron chi connectivity index (χ1n) is 16.5. The van der Waals surface area contributed by atoms with E-state index in [1.807, 2.05) is 83.9 Å². The molecule has 4 aromatic carbocycles. The quantitative estimate of drug-likeness (QED) is 0.137. The summed E-state index contributed by atoms with van der Waals surface area (Å²) in [5.74, 6) is 2.49. The first kappa shape index (κ1) is 31.2. The van der Waals surface area contributed by atoms with E-state index in [-0.39, 0.29) is 17.7 Å². The Balaban J connectivity index is 0.974. The number of hydrogen-bond acceptors (Lipinski definition) is 7. The molecule has 4 aromatic rings. The lowest BCUT2D eigenvalue weighted by Gasteiger charge is -2.21. The molecule has 244 valence electrons. The van der Waals surface area contributed by atoms with Crippen LogP contribution in [0.1, 0.15) is 75.1 Å². The number of unbranched alkanes of at least 4 members (excludes halogenated alkanes) is 2. The molecule has 0 bridgehead atoms. The van der Waals surface area contributed by atoms with Crippen molar-refractivity contribution in [1.29, 1.82) is 0 Å². The average molecular weight is 643 g/mol. The molecule has 2 heterocycles. The minimum absolute atomic E-state index is 0.00481. The Bertz CT molecular complexity index is 1880. The van der Waals surface area contributed by atoms with E-state index in [0.29, 0.717) is 58.6 Å². The van der Waals surface area contributed by atoms with Crippen LogP contribution in [0, 0.1) is 0 Å². The van der Waals surface area contributed by atoms with Gasteiger partial charge in [-0.05, 0) is 78.6 Å². The lowest BCUT2D eigenvalue weighted by molar-refractivity contribution is 0.0774. The molecule has 0 spiro atoms. The van der Waals surface area contributed by atoms with Gasteiger partial charge in [0, 0.05) is 30.0 Å². The molecule has 1 fully saturated rings. The van der Waals surface area contributed by atoms with Crippen LogP contribution < -0.4 is 18.9 Å². The molecule has 1 atom stereocenters. The third-order valence-corrected chi connectivity index (χ3v) is 9.18. The van der Waals surface area contributed by atoms with Gasteiger partial charge in [0.25, 0.3) is 5.91 Å². The highest BCUT2D eigenvalue weighted by molar-refractivity contribution is 6.20. The van der Waals surface area contributed by atoms with Gasteiger partial charge in [-0.2, -0.15) is 0 Å². The number of ketones is 1. The molecule has 48 heavy (non-hydrogen) atoms. The van der Waals surface area contributed by atoms with Crippen LogP contribution in [0.15, 0.2) is 83.9 Å². The number of amides is 1. The van der Waals surface area contributed by atoms with E-state index in [9.17, 15) is 9.59 Å². The predicted octanol–water partition coefficient (Wildman–Crippen LogP) is 7.79. The van der Waals surface area contributed by atoms with Crippen molar-refractivity contribution in [3.63, 3.8) is 0 Å². The van der Waals surface area contributed by atoms with Crippen molar-refractivity contribution < 1.29 is 28.5 Å². The van der Waals surface area contributed by atoms with Crippen LogP contribution in [0.5, 0.6) is 23.0 Å². The third kappa shape index (κ3) is 6.06. The van der Waals surface area contributed by atoms with Crippen LogP contribution in [0.2, 0.25) is 0 Å². The van der Waals surface area contributed by atoms with Gasteiger partial charge in [-0.1, -0.05) is 54.6 Å². The van der Waals surface area contributed by atoms with Gasteiger partial charge in [0.15, 0.2) is 28.8 Å². The van der Waals surface area contributed by atoms with Crippen molar-refractivity contribution in [2.45, 2.75) is 38.1 Å². The van der Waals surface area contributed by atoms with Crippen LogP contribution in [-0.2, 0) is 0 Å². The van der Waals surface area contributed by atoms with Crippen molar-refractivity contribution in [2.75, 3.05) is 34.0 Å². The largest absolute Gasteiger partial charge is 0.493 e. The molecule has 8 nitrogen and oxygen atoms in total. The summed E-state index contributed by atoms with van der Waals surface area (Å²) in [5, 5.41) is 0. The number of rotatable bonds is 11. The Hall–Kier alpha value is -5.37. The van der Waals surface area contributed by atoms with Gasteiger partial charge in [0.1, 0.15) is 0 Å². The number of fused-ring (bicyclic) bond motifs is 4. The highest BCUT2D eigenvalue weighted by atomic mass is 16.5. The summed E-state index contributed by atoms with van der Waals surface area (Å²) in [4.78, 5) is 32.8. The Labute approximate surface area is 280 Å². The SMILES string of the molecule is COc1ccc(C=C2c3ccccc3C(=O)c3ccccc32)cc1OCCCCCOc1cc2c(cc1OC)C(=O)N1CCC[C@H]1C=N2. The van der Waals surface area contributed by atoms with Gasteiger partial charge in [-0.15, -0.1) is 0 Å². The van der Waals surface area contributed by atoms with Gasteiger partial charge in [-0.3, -0.25) is 14.6 Å². The highest BCUT2D eigenvalue weighted by Gasteiger charge is 2.32. The van der Waals surface area contributed by atoms with Crippen molar-refractivity contribution in [3.05, 3.63) is 112 Å². The zero-order valence-electron chi connectivity index (χ0n) is 27.2. The van der Waals surface area contributed by atoms with E-state index in [0.717, 1.165) is 60.9 Å². The fraction of sp³-hybridized carbons (Fsp3) is 0.275. The Morgan fingerprint density at radius 2 is 1.38 bits per heavy atom. The minimum Gasteiger partial charge on any atom is -0.493 e. The summed E-state index contributed by atoms with van der Waals surface area (Å²) in [5.41, 5.74) is 6.39. The average Bonchev–Trinajstić information content (AvgIpc) is 3.56. The number of methoxy groups -OCH3 is 2.